The molecule has 0 aromatic heterocycles. The van der Waals surface area contributed by atoms with Gasteiger partial charge < -0.3 is 64.8 Å². The van der Waals surface area contributed by atoms with Crippen LogP contribution in [0.15, 0.2) is 48.5 Å². The van der Waals surface area contributed by atoms with Crippen LogP contribution in [0.4, 0.5) is 0 Å². The van der Waals surface area contributed by atoms with Crippen LogP contribution in [-0.4, -0.2) is 155 Å². The molecule has 4 atom stereocenters. The van der Waals surface area contributed by atoms with Crippen molar-refractivity contribution in [1.29, 1.82) is 0 Å². The SMILES string of the molecule is CCO.CCO.COCCOCCC(=O)CCCCCC(C(CO)N(Cc1ccccc1O)C(CO)P(=O)(O)O)N(Cc1ccccc1O)C(CO)P(=O)(O)O.[Fe].[Na+]. The Bertz CT molecular complexity index is 1440. The molecule has 0 amide bonds. The largest absolute Gasteiger partial charge is 1.00 e. The summed E-state index contributed by atoms with van der Waals surface area (Å²) >= 11 is 0. The zero-order valence-corrected chi connectivity index (χ0v) is 38.7. The van der Waals surface area contributed by atoms with Crippen molar-refractivity contribution in [2.45, 2.75) is 89.1 Å². The number of carbonyl (C=O) groups excluding carboxylic acids is 1. The summed E-state index contributed by atoms with van der Waals surface area (Å²) in [5.74, 6) is -4.29. The second kappa shape index (κ2) is 34.7. The van der Waals surface area contributed by atoms with E-state index in [2.05, 4.69) is 0 Å². The van der Waals surface area contributed by atoms with Crippen molar-refractivity contribution in [3.8, 4) is 11.5 Å². The van der Waals surface area contributed by atoms with E-state index in [0.717, 1.165) is 4.90 Å². The fraction of sp³-hybridized carbons (Fsp3) is 0.639. The van der Waals surface area contributed by atoms with Crippen LogP contribution in [0.2, 0.25) is 0 Å². The van der Waals surface area contributed by atoms with Crippen LogP contribution in [0.25, 0.3) is 0 Å². The predicted molar refractivity (Wildman–Crippen MR) is 209 cm³/mol. The number of ketones is 1. The number of aromatic hydroxyl groups is 2. The molecule has 22 heteroatoms. The van der Waals surface area contributed by atoms with Gasteiger partial charge in [0.15, 0.2) is 0 Å². The maximum Gasteiger partial charge on any atom is 1.00 e. The van der Waals surface area contributed by atoms with Crippen LogP contribution in [0.1, 0.15) is 63.5 Å². The van der Waals surface area contributed by atoms with Crippen molar-refractivity contribution < 1.29 is 125 Å². The minimum absolute atomic E-state index is 0. The number of Topliss-reactive ketones (excluding diaryl/α,β-unsaturated/α-hetero) is 1. The van der Waals surface area contributed by atoms with Gasteiger partial charge in [-0.1, -0.05) is 49.2 Å². The predicted octanol–water partition coefficient (Wildman–Crippen LogP) is -1.30. The normalized spacial score (nSPS) is 13.5. The van der Waals surface area contributed by atoms with Crippen molar-refractivity contribution >= 4 is 21.0 Å². The molecule has 18 nitrogen and oxygen atoms in total. The molecule has 0 heterocycles. The van der Waals surface area contributed by atoms with E-state index in [1.807, 2.05) is 0 Å². The molecule has 0 saturated carbocycles. The first-order valence-electron chi connectivity index (χ1n) is 18.3. The number of methoxy groups -OCH3 is 1. The molecule has 0 bridgehead atoms. The molecule has 2 aromatic carbocycles. The Morgan fingerprint density at radius 2 is 1.09 bits per heavy atom. The first-order valence-corrected chi connectivity index (χ1v) is 21.7. The Hall–Kier alpha value is -0.831. The smallest absolute Gasteiger partial charge is 0.508 e. The summed E-state index contributed by atoms with van der Waals surface area (Å²) in [6, 6.07) is 9.35. The molecular weight excluding hydrogens is 857 g/mol. The van der Waals surface area contributed by atoms with E-state index in [1.54, 1.807) is 26.0 Å². The van der Waals surface area contributed by atoms with Crippen LogP contribution in [0.3, 0.4) is 0 Å². The molecule has 0 aliphatic carbocycles. The number of aliphatic hydroxyl groups excluding tert-OH is 5. The van der Waals surface area contributed by atoms with E-state index in [4.69, 9.17) is 19.7 Å². The topological polar surface area (TPSA) is 299 Å². The maximum atomic E-state index is 12.8. The average Bonchev–Trinajstić information content (AvgIpc) is 3.12. The van der Waals surface area contributed by atoms with E-state index in [9.17, 15) is 59.0 Å². The van der Waals surface area contributed by atoms with E-state index >= 15 is 0 Å². The second-order valence-corrected chi connectivity index (χ2v) is 16.1. The summed E-state index contributed by atoms with van der Waals surface area (Å²) in [4.78, 5) is 56.1. The number of benzene rings is 2. The van der Waals surface area contributed by atoms with E-state index < -0.39 is 65.2 Å². The van der Waals surface area contributed by atoms with Gasteiger partial charge in [0.05, 0.1) is 39.6 Å². The Labute approximate surface area is 374 Å². The number of carbonyl (C=O) groups is 1. The van der Waals surface area contributed by atoms with Gasteiger partial charge in [0.25, 0.3) is 0 Å². The average molecular weight is 922 g/mol. The Morgan fingerprint density at radius 1 is 0.655 bits per heavy atom. The van der Waals surface area contributed by atoms with Gasteiger partial charge in [-0.2, -0.15) is 0 Å². The number of phenolic OH excluding ortho intramolecular Hbond substituents is 2. The Morgan fingerprint density at radius 3 is 1.47 bits per heavy atom. The van der Waals surface area contributed by atoms with E-state index in [-0.39, 0.29) is 121 Å². The molecule has 0 saturated heterocycles. The molecule has 0 radical (unpaired) electrons. The van der Waals surface area contributed by atoms with Crippen molar-refractivity contribution in [2.75, 3.05) is 60.0 Å². The monoisotopic (exact) mass is 921 g/mol. The van der Waals surface area contributed by atoms with Gasteiger partial charge in [0.2, 0.25) is 0 Å². The van der Waals surface area contributed by atoms with Gasteiger partial charge in [-0.25, -0.2) is 0 Å². The van der Waals surface area contributed by atoms with Crippen LogP contribution < -0.4 is 29.6 Å². The zero-order valence-electron chi connectivity index (χ0n) is 33.8. The molecule has 332 valence electrons. The van der Waals surface area contributed by atoms with Crippen molar-refractivity contribution in [3.63, 3.8) is 0 Å². The van der Waals surface area contributed by atoms with Crippen LogP contribution >= 0.6 is 15.2 Å². The van der Waals surface area contributed by atoms with E-state index in [0.29, 0.717) is 32.5 Å². The number of rotatable bonds is 26. The third kappa shape index (κ3) is 24.0. The number of nitrogens with zero attached hydrogens (tertiary/aromatic N) is 2. The van der Waals surface area contributed by atoms with Crippen LogP contribution in [-0.2, 0) is 53.6 Å². The molecule has 0 fully saturated rings. The minimum atomic E-state index is -5.16. The standard InChI is InChI=1S/C32H52N2O14P2.2C2H6O.Fe.Na/c1-47-17-18-48-16-15-26(38)11-3-2-4-12-27(33(31(22-36)49(41,42)43)19-24-9-5-7-13-29(24)39)28(21-35)34(32(23-37)50(44,45)46)20-25-10-6-8-14-30(25)40;2*1-2-3;;/h5-10,13-14,27-28,31-32,35-37,39-40H,2-4,11-12,15-23H2,1H3,(H2,41,42,43)(H2,44,45,46);2*3H,2H2,1H3;;/q;;;;+1. The molecule has 0 aliphatic heterocycles. The first-order chi connectivity index (χ1) is 26.5. The van der Waals surface area contributed by atoms with Gasteiger partial charge >= 0.3 is 44.7 Å². The summed E-state index contributed by atoms with van der Waals surface area (Å²) in [5, 5.41) is 67.8. The molecule has 0 aliphatic rings. The van der Waals surface area contributed by atoms with Crippen molar-refractivity contribution in [1.82, 2.24) is 9.80 Å². The van der Waals surface area contributed by atoms with E-state index in [1.165, 1.54) is 48.4 Å². The van der Waals surface area contributed by atoms with Crippen LogP contribution in [0, 0.1) is 0 Å². The van der Waals surface area contributed by atoms with Crippen molar-refractivity contribution in [2.24, 2.45) is 0 Å². The van der Waals surface area contributed by atoms with Gasteiger partial charge in [-0.3, -0.25) is 23.7 Å². The third-order valence-corrected chi connectivity index (χ3v) is 10.9. The summed E-state index contributed by atoms with van der Waals surface area (Å²) in [6.07, 6.45) is 1.66. The summed E-state index contributed by atoms with van der Waals surface area (Å²) in [6.45, 7) is 1.11. The molecule has 0 spiro atoms. The van der Waals surface area contributed by atoms with Gasteiger partial charge in [-0.05, 0) is 38.8 Å². The number of hydrogen-bond donors (Lipinski definition) is 11. The number of ether oxygens (including phenoxy) is 2. The molecular formula is C36H64FeN2NaO16P2+. The Balaban J connectivity index is -0.00000355. The molecule has 2 aromatic rings. The third-order valence-electron chi connectivity index (χ3n) is 8.45. The molecule has 58 heavy (non-hydrogen) atoms. The fourth-order valence-electron chi connectivity index (χ4n) is 5.81. The molecule has 4 unspecified atom stereocenters. The first kappa shape index (κ1) is 61.5. The number of aliphatic hydroxyl groups is 5. The number of para-hydroxylation sites is 2. The van der Waals surface area contributed by atoms with Gasteiger partial charge in [0.1, 0.15) is 28.8 Å². The van der Waals surface area contributed by atoms with Gasteiger partial charge in [-0.15, -0.1) is 0 Å². The molecule has 2 rings (SSSR count). The number of hydrogen-bond acceptors (Lipinski definition) is 14. The summed E-state index contributed by atoms with van der Waals surface area (Å²) < 4.78 is 35.8. The fourth-order valence-corrected chi connectivity index (χ4v) is 7.52. The number of phenols is 2. The quantitative estimate of drug-likeness (QED) is 0.0297. The number of unbranched alkanes of at least 4 members (excludes halogenated alkanes) is 2. The molecule has 11 N–H and O–H groups in total. The zero-order chi connectivity index (χ0) is 42.7. The van der Waals surface area contributed by atoms with Gasteiger partial charge in [0, 0.05) is 86.5 Å². The van der Waals surface area contributed by atoms with Crippen molar-refractivity contribution in [3.05, 3.63) is 59.7 Å². The Kier molecular flexibility index (Phi) is 36.8. The maximum absolute atomic E-state index is 12.8. The summed E-state index contributed by atoms with van der Waals surface area (Å²) in [5.41, 5.74) is 0.391. The summed E-state index contributed by atoms with van der Waals surface area (Å²) in [7, 11) is -8.76. The minimum Gasteiger partial charge on any atom is -0.508 e. The second-order valence-electron chi connectivity index (χ2n) is 12.5. The van der Waals surface area contributed by atoms with Crippen LogP contribution in [0.5, 0.6) is 11.5 Å².